The first-order valence-electron chi connectivity index (χ1n) is 7.67. The number of amides is 1. The van der Waals surface area contributed by atoms with Crippen LogP contribution in [0, 0.1) is 0 Å². The molecule has 128 valence electrons. The summed E-state index contributed by atoms with van der Waals surface area (Å²) in [7, 11) is 0. The van der Waals surface area contributed by atoms with Gasteiger partial charge < -0.3 is 4.90 Å². The zero-order valence-corrected chi connectivity index (χ0v) is 16.8. The molecule has 1 saturated heterocycles. The smallest absolute Gasteiger partial charge is 0.237 e. The van der Waals surface area contributed by atoms with Crippen molar-refractivity contribution in [3.05, 3.63) is 55.6 Å². The predicted molar refractivity (Wildman–Crippen MR) is 104 cm³/mol. The van der Waals surface area contributed by atoms with E-state index in [1.54, 1.807) is 11.3 Å². The van der Waals surface area contributed by atoms with E-state index in [1.165, 1.54) is 10.4 Å². The summed E-state index contributed by atoms with van der Waals surface area (Å²) in [6, 6.07) is 12.4. The van der Waals surface area contributed by atoms with Gasteiger partial charge in [0.1, 0.15) is 5.88 Å². The van der Waals surface area contributed by atoms with E-state index in [0.717, 1.165) is 21.9 Å². The van der Waals surface area contributed by atoms with Crippen LogP contribution in [0.1, 0.15) is 16.5 Å². The lowest BCUT2D eigenvalue weighted by atomic mass is 10.0. The van der Waals surface area contributed by atoms with E-state index in [2.05, 4.69) is 39.0 Å². The molecule has 1 unspecified atom stereocenters. The highest BCUT2D eigenvalue weighted by Crippen LogP contribution is 2.36. The molecule has 2 heterocycles. The summed E-state index contributed by atoms with van der Waals surface area (Å²) in [4.78, 5) is 17.3. The van der Waals surface area contributed by atoms with E-state index in [4.69, 9.17) is 23.2 Å². The molecular formula is C17H17BrCl2N2OS. The minimum Gasteiger partial charge on any atom is -0.339 e. The zero-order chi connectivity index (χ0) is 17.1. The van der Waals surface area contributed by atoms with Gasteiger partial charge in [-0.1, -0.05) is 23.7 Å². The Labute approximate surface area is 164 Å². The molecule has 0 N–H and O–H groups in total. The van der Waals surface area contributed by atoms with Crippen molar-refractivity contribution >= 4 is 56.4 Å². The van der Waals surface area contributed by atoms with E-state index in [1.807, 2.05) is 23.1 Å². The second kappa shape index (κ2) is 8.19. The second-order valence-corrected chi connectivity index (χ2v) is 8.85. The highest BCUT2D eigenvalue weighted by Gasteiger charge is 2.28. The number of halogens is 3. The number of carbonyl (C=O) groups is 1. The molecule has 7 heteroatoms. The first-order chi connectivity index (χ1) is 11.6. The van der Waals surface area contributed by atoms with Gasteiger partial charge in [-0.2, -0.15) is 0 Å². The van der Waals surface area contributed by atoms with Crippen LogP contribution in [0.15, 0.2) is 40.2 Å². The van der Waals surface area contributed by atoms with Crippen LogP contribution in [0.25, 0.3) is 0 Å². The van der Waals surface area contributed by atoms with Crippen LogP contribution in [0.2, 0.25) is 5.02 Å². The van der Waals surface area contributed by atoms with Gasteiger partial charge in [-0.05, 0) is 45.8 Å². The average Bonchev–Trinajstić information content (AvgIpc) is 3.01. The van der Waals surface area contributed by atoms with Crippen LogP contribution in [0.5, 0.6) is 0 Å². The first-order valence-corrected chi connectivity index (χ1v) is 10.2. The Hall–Kier alpha value is -0.590. The van der Waals surface area contributed by atoms with Crippen molar-refractivity contribution in [3.8, 4) is 0 Å². The van der Waals surface area contributed by atoms with Crippen LogP contribution in [0.4, 0.5) is 0 Å². The van der Waals surface area contributed by atoms with Crippen molar-refractivity contribution in [3.63, 3.8) is 0 Å². The molecule has 24 heavy (non-hydrogen) atoms. The summed E-state index contributed by atoms with van der Waals surface area (Å²) in [5, 5.41) is 0.740. The Balaban J connectivity index is 1.85. The van der Waals surface area contributed by atoms with Gasteiger partial charge in [-0.25, -0.2) is 0 Å². The van der Waals surface area contributed by atoms with Crippen molar-refractivity contribution in [2.45, 2.75) is 6.04 Å². The number of alkyl halides is 1. The lowest BCUT2D eigenvalue weighted by molar-refractivity contribution is -0.130. The molecule has 1 fully saturated rings. The number of nitrogens with zero attached hydrogens (tertiary/aromatic N) is 2. The summed E-state index contributed by atoms with van der Waals surface area (Å²) in [6.07, 6.45) is 0. The van der Waals surface area contributed by atoms with Gasteiger partial charge in [-0.3, -0.25) is 9.69 Å². The maximum Gasteiger partial charge on any atom is 0.237 e. The third-order valence-electron chi connectivity index (χ3n) is 4.17. The molecule has 0 aliphatic carbocycles. The van der Waals surface area contributed by atoms with Crippen molar-refractivity contribution in [2.75, 3.05) is 32.1 Å². The molecule has 2 aromatic rings. The molecule has 1 atom stereocenters. The lowest BCUT2D eigenvalue weighted by Crippen LogP contribution is -2.50. The van der Waals surface area contributed by atoms with Gasteiger partial charge >= 0.3 is 0 Å². The van der Waals surface area contributed by atoms with Crippen LogP contribution in [-0.4, -0.2) is 47.8 Å². The average molecular weight is 448 g/mol. The van der Waals surface area contributed by atoms with E-state index in [9.17, 15) is 4.79 Å². The minimum absolute atomic E-state index is 0.00879. The first kappa shape index (κ1) is 18.2. The molecule has 0 bridgehead atoms. The standard InChI is InChI=1S/C17H17BrCl2N2OS/c18-15-5-4-14(24-15)17(12-2-1-3-13(20)10-12)22-8-6-21(7-9-22)16(23)11-19/h1-5,10,17H,6-9,11H2. The van der Waals surface area contributed by atoms with Gasteiger partial charge in [0, 0.05) is 36.1 Å². The molecular weight excluding hydrogens is 431 g/mol. The topological polar surface area (TPSA) is 23.6 Å². The van der Waals surface area contributed by atoms with Gasteiger partial charge in [-0.15, -0.1) is 22.9 Å². The Kier molecular flexibility index (Phi) is 6.22. The minimum atomic E-state index is 0.00879. The van der Waals surface area contributed by atoms with Crippen molar-refractivity contribution < 1.29 is 4.79 Å². The fraction of sp³-hybridized carbons (Fsp3) is 0.353. The SMILES string of the molecule is O=C(CCl)N1CCN(C(c2cccc(Cl)c2)c2ccc(Br)s2)CC1. The van der Waals surface area contributed by atoms with Crippen molar-refractivity contribution in [1.29, 1.82) is 0 Å². The molecule has 1 aromatic heterocycles. The summed E-state index contributed by atoms with van der Waals surface area (Å²) in [5.41, 5.74) is 1.17. The van der Waals surface area contributed by atoms with Gasteiger partial charge in [0.2, 0.25) is 5.91 Å². The third-order valence-corrected chi connectivity index (χ3v) is 6.31. The Morgan fingerprint density at radius 2 is 1.96 bits per heavy atom. The number of benzene rings is 1. The molecule has 0 radical (unpaired) electrons. The van der Waals surface area contributed by atoms with E-state index >= 15 is 0 Å². The molecule has 1 aromatic carbocycles. The maximum atomic E-state index is 11.8. The number of carbonyl (C=O) groups excluding carboxylic acids is 1. The highest BCUT2D eigenvalue weighted by molar-refractivity contribution is 9.11. The molecule has 0 saturated carbocycles. The number of hydrogen-bond acceptors (Lipinski definition) is 3. The van der Waals surface area contributed by atoms with E-state index in [0.29, 0.717) is 13.1 Å². The monoisotopic (exact) mass is 446 g/mol. The largest absolute Gasteiger partial charge is 0.339 e. The highest BCUT2D eigenvalue weighted by atomic mass is 79.9. The predicted octanol–water partition coefficient (Wildman–Crippen LogP) is 4.64. The summed E-state index contributed by atoms with van der Waals surface area (Å²) >= 11 is 17.2. The molecule has 3 rings (SSSR count). The Morgan fingerprint density at radius 1 is 1.21 bits per heavy atom. The van der Waals surface area contributed by atoms with Crippen molar-refractivity contribution in [1.82, 2.24) is 9.80 Å². The Morgan fingerprint density at radius 3 is 2.54 bits per heavy atom. The normalized spacial score (nSPS) is 17.0. The molecule has 1 amide bonds. The number of thiophene rings is 1. The second-order valence-electron chi connectivity index (χ2n) is 5.65. The van der Waals surface area contributed by atoms with Crippen LogP contribution in [-0.2, 0) is 4.79 Å². The molecule has 1 aliphatic heterocycles. The summed E-state index contributed by atoms with van der Waals surface area (Å²) in [5.74, 6) is 0.0600. The third kappa shape index (κ3) is 4.14. The van der Waals surface area contributed by atoms with Gasteiger partial charge in [0.15, 0.2) is 0 Å². The van der Waals surface area contributed by atoms with Crippen LogP contribution < -0.4 is 0 Å². The maximum absolute atomic E-state index is 11.8. The fourth-order valence-corrected chi connectivity index (χ4v) is 4.98. The molecule has 1 aliphatic rings. The summed E-state index contributed by atoms with van der Waals surface area (Å²) < 4.78 is 1.11. The number of hydrogen-bond donors (Lipinski definition) is 0. The van der Waals surface area contributed by atoms with Crippen molar-refractivity contribution in [2.24, 2.45) is 0 Å². The zero-order valence-electron chi connectivity index (χ0n) is 12.9. The number of piperazine rings is 1. The summed E-state index contributed by atoms with van der Waals surface area (Å²) in [6.45, 7) is 3.04. The van der Waals surface area contributed by atoms with Gasteiger partial charge in [0.05, 0.1) is 9.83 Å². The quantitative estimate of drug-likeness (QED) is 0.637. The van der Waals surface area contributed by atoms with Gasteiger partial charge in [0.25, 0.3) is 0 Å². The van der Waals surface area contributed by atoms with Crippen LogP contribution in [0.3, 0.4) is 0 Å². The van der Waals surface area contributed by atoms with E-state index < -0.39 is 0 Å². The molecule has 0 spiro atoms. The molecule has 3 nitrogen and oxygen atoms in total. The van der Waals surface area contributed by atoms with E-state index in [-0.39, 0.29) is 17.8 Å². The fourth-order valence-electron chi connectivity index (χ4n) is 3.02. The van der Waals surface area contributed by atoms with Crippen LogP contribution >= 0.6 is 50.5 Å². The number of rotatable bonds is 4. The lowest BCUT2D eigenvalue weighted by Gasteiger charge is -2.39. The Bertz CT molecular complexity index is 716.